The zero-order valence-electron chi connectivity index (χ0n) is 12.8. The summed E-state index contributed by atoms with van der Waals surface area (Å²) in [6.45, 7) is 5.84. The summed E-state index contributed by atoms with van der Waals surface area (Å²) in [6, 6.07) is 8.88. The molecule has 21 heavy (non-hydrogen) atoms. The van der Waals surface area contributed by atoms with Gasteiger partial charge in [-0.2, -0.15) is 0 Å². The van der Waals surface area contributed by atoms with Gasteiger partial charge in [0.25, 0.3) is 0 Å². The number of thiophene rings is 1. The number of rotatable bonds is 7. The molecule has 0 aliphatic carbocycles. The molecule has 0 fully saturated rings. The molecule has 1 unspecified atom stereocenters. The van der Waals surface area contributed by atoms with Gasteiger partial charge in [-0.25, -0.2) is 0 Å². The SMILES string of the molecule is CCNC(c1ccc(CCOC)cc1)c1scc(C)c1Cl. The molecule has 0 aliphatic rings. The first-order valence-electron chi connectivity index (χ1n) is 7.22. The number of hydrogen-bond donors (Lipinski definition) is 1. The van der Waals surface area contributed by atoms with Gasteiger partial charge in [-0.3, -0.25) is 0 Å². The fourth-order valence-corrected chi connectivity index (χ4v) is 3.71. The van der Waals surface area contributed by atoms with E-state index in [1.807, 2.05) is 0 Å². The monoisotopic (exact) mass is 323 g/mol. The van der Waals surface area contributed by atoms with Crippen molar-refractivity contribution in [2.75, 3.05) is 20.3 Å². The standard InChI is InChI=1S/C17H22ClNOS/c1-4-19-16(17-15(18)12(2)11-21-17)14-7-5-13(6-8-14)9-10-20-3/h5-8,11,16,19H,4,9-10H2,1-3H3. The predicted octanol–water partition coefficient (Wildman–Crippen LogP) is 4.60. The smallest absolute Gasteiger partial charge is 0.0686 e. The van der Waals surface area contributed by atoms with Crippen LogP contribution in [-0.4, -0.2) is 20.3 Å². The van der Waals surface area contributed by atoms with Crippen molar-refractivity contribution in [1.82, 2.24) is 5.32 Å². The topological polar surface area (TPSA) is 21.3 Å². The van der Waals surface area contributed by atoms with Gasteiger partial charge in [0.2, 0.25) is 0 Å². The third-order valence-corrected chi connectivity index (χ3v) is 5.28. The number of hydrogen-bond acceptors (Lipinski definition) is 3. The van der Waals surface area contributed by atoms with Gasteiger partial charge in [-0.05, 0) is 42.0 Å². The Morgan fingerprint density at radius 1 is 1.29 bits per heavy atom. The molecule has 0 aliphatic heterocycles. The Bertz CT molecular complexity index is 565. The summed E-state index contributed by atoms with van der Waals surface area (Å²) in [7, 11) is 1.73. The summed E-state index contributed by atoms with van der Waals surface area (Å²) in [5, 5.41) is 6.54. The third kappa shape index (κ3) is 4.07. The van der Waals surface area contributed by atoms with Gasteiger partial charge in [0.05, 0.1) is 17.7 Å². The first kappa shape index (κ1) is 16.5. The molecule has 0 radical (unpaired) electrons. The van der Waals surface area contributed by atoms with E-state index in [1.54, 1.807) is 18.4 Å². The van der Waals surface area contributed by atoms with Gasteiger partial charge in [0.15, 0.2) is 0 Å². The third-order valence-electron chi connectivity index (χ3n) is 3.50. The summed E-state index contributed by atoms with van der Waals surface area (Å²) >= 11 is 8.17. The van der Waals surface area contributed by atoms with Crippen LogP contribution in [0.3, 0.4) is 0 Å². The highest BCUT2D eigenvalue weighted by Crippen LogP contribution is 2.35. The number of halogens is 1. The van der Waals surface area contributed by atoms with Gasteiger partial charge in [0, 0.05) is 12.0 Å². The summed E-state index contributed by atoms with van der Waals surface area (Å²) in [4.78, 5) is 1.20. The van der Waals surface area contributed by atoms with Crippen LogP contribution in [0.25, 0.3) is 0 Å². The average Bonchev–Trinajstić information content (AvgIpc) is 2.83. The normalized spacial score (nSPS) is 12.6. The van der Waals surface area contributed by atoms with E-state index < -0.39 is 0 Å². The molecule has 1 atom stereocenters. The second-order valence-electron chi connectivity index (χ2n) is 5.07. The Balaban J connectivity index is 2.24. The number of benzene rings is 1. The van der Waals surface area contributed by atoms with Crippen LogP contribution in [0.4, 0.5) is 0 Å². The molecule has 114 valence electrons. The lowest BCUT2D eigenvalue weighted by Crippen LogP contribution is -2.21. The lowest BCUT2D eigenvalue weighted by Gasteiger charge is -2.18. The van der Waals surface area contributed by atoms with Gasteiger partial charge in [0.1, 0.15) is 0 Å². The van der Waals surface area contributed by atoms with Crippen molar-refractivity contribution >= 4 is 22.9 Å². The second kappa shape index (κ2) is 7.95. The fourth-order valence-electron chi connectivity index (χ4n) is 2.31. The van der Waals surface area contributed by atoms with Crippen LogP contribution >= 0.6 is 22.9 Å². The molecule has 1 aromatic carbocycles. The van der Waals surface area contributed by atoms with Crippen molar-refractivity contribution < 1.29 is 4.74 Å². The van der Waals surface area contributed by atoms with Crippen LogP contribution in [0.5, 0.6) is 0 Å². The molecule has 2 aromatic rings. The minimum absolute atomic E-state index is 0.165. The van der Waals surface area contributed by atoms with Crippen molar-refractivity contribution in [3.8, 4) is 0 Å². The molecular formula is C17H22ClNOS. The zero-order valence-corrected chi connectivity index (χ0v) is 14.4. The number of aryl methyl sites for hydroxylation is 1. The molecule has 4 heteroatoms. The van der Waals surface area contributed by atoms with E-state index in [4.69, 9.17) is 16.3 Å². The fraction of sp³-hybridized carbons (Fsp3) is 0.412. The van der Waals surface area contributed by atoms with Crippen LogP contribution < -0.4 is 5.32 Å². The Morgan fingerprint density at radius 2 is 2.00 bits per heavy atom. The molecule has 0 amide bonds. The van der Waals surface area contributed by atoms with Crippen LogP contribution in [0.2, 0.25) is 5.02 Å². The van der Waals surface area contributed by atoms with Crippen LogP contribution in [0.1, 0.15) is 34.5 Å². The van der Waals surface area contributed by atoms with E-state index in [0.717, 1.165) is 30.2 Å². The predicted molar refractivity (Wildman–Crippen MR) is 91.6 cm³/mol. The molecule has 0 saturated heterocycles. The summed E-state index contributed by atoms with van der Waals surface area (Å²) in [5.74, 6) is 0. The minimum Gasteiger partial charge on any atom is -0.384 e. The Hall–Kier alpha value is -0.870. The van der Waals surface area contributed by atoms with Gasteiger partial charge < -0.3 is 10.1 Å². The lowest BCUT2D eigenvalue weighted by molar-refractivity contribution is 0.202. The van der Waals surface area contributed by atoms with Crippen LogP contribution in [0, 0.1) is 6.92 Å². The highest BCUT2D eigenvalue weighted by molar-refractivity contribution is 7.10. The molecule has 0 bridgehead atoms. The molecule has 2 rings (SSSR count). The van der Waals surface area contributed by atoms with E-state index in [9.17, 15) is 0 Å². The maximum absolute atomic E-state index is 6.44. The summed E-state index contributed by atoms with van der Waals surface area (Å²) < 4.78 is 5.12. The number of nitrogens with one attached hydrogen (secondary N) is 1. The van der Waals surface area contributed by atoms with Crippen molar-refractivity contribution in [1.29, 1.82) is 0 Å². The Kier molecular flexibility index (Phi) is 6.24. The summed E-state index contributed by atoms with van der Waals surface area (Å²) in [6.07, 6.45) is 0.946. The maximum atomic E-state index is 6.44. The number of methoxy groups -OCH3 is 1. The molecule has 1 N–H and O–H groups in total. The Morgan fingerprint density at radius 3 is 2.52 bits per heavy atom. The summed E-state index contributed by atoms with van der Waals surface area (Å²) in [5.41, 5.74) is 3.70. The van der Waals surface area contributed by atoms with E-state index in [2.05, 4.69) is 48.8 Å². The molecular weight excluding hydrogens is 302 g/mol. The maximum Gasteiger partial charge on any atom is 0.0686 e. The van der Waals surface area contributed by atoms with E-state index in [0.29, 0.717) is 0 Å². The van der Waals surface area contributed by atoms with Crippen LogP contribution in [-0.2, 0) is 11.2 Å². The largest absolute Gasteiger partial charge is 0.384 e. The molecule has 0 spiro atoms. The van der Waals surface area contributed by atoms with Crippen molar-refractivity contribution in [2.45, 2.75) is 26.3 Å². The van der Waals surface area contributed by atoms with Gasteiger partial charge in [-0.15, -0.1) is 11.3 Å². The zero-order chi connectivity index (χ0) is 15.2. The van der Waals surface area contributed by atoms with E-state index in [-0.39, 0.29) is 6.04 Å². The van der Waals surface area contributed by atoms with Gasteiger partial charge >= 0.3 is 0 Å². The molecule has 1 heterocycles. The number of ether oxygens (including phenoxy) is 1. The highest BCUT2D eigenvalue weighted by atomic mass is 35.5. The van der Waals surface area contributed by atoms with Crippen molar-refractivity contribution in [3.05, 3.63) is 56.2 Å². The average molecular weight is 324 g/mol. The highest BCUT2D eigenvalue weighted by Gasteiger charge is 2.19. The quantitative estimate of drug-likeness (QED) is 0.804. The lowest BCUT2D eigenvalue weighted by atomic mass is 10.0. The van der Waals surface area contributed by atoms with E-state index >= 15 is 0 Å². The van der Waals surface area contributed by atoms with Gasteiger partial charge in [-0.1, -0.05) is 42.8 Å². The molecule has 0 saturated carbocycles. The second-order valence-corrected chi connectivity index (χ2v) is 6.36. The first-order valence-corrected chi connectivity index (χ1v) is 8.47. The van der Waals surface area contributed by atoms with E-state index in [1.165, 1.54) is 16.0 Å². The van der Waals surface area contributed by atoms with Crippen LogP contribution in [0.15, 0.2) is 29.6 Å². The Labute approximate surface area is 136 Å². The molecule has 2 nitrogen and oxygen atoms in total. The minimum atomic E-state index is 0.165. The first-order chi connectivity index (χ1) is 10.2. The molecule has 1 aromatic heterocycles. The van der Waals surface area contributed by atoms with Crippen molar-refractivity contribution in [3.63, 3.8) is 0 Å². The van der Waals surface area contributed by atoms with Crippen molar-refractivity contribution in [2.24, 2.45) is 0 Å².